The molecule has 0 amide bonds. The number of piperidine rings is 1. The Kier molecular flexibility index (Phi) is 5.69. The lowest BCUT2D eigenvalue weighted by Crippen LogP contribution is -2.34. The van der Waals surface area contributed by atoms with Crippen LogP contribution in [0.4, 0.5) is 10.1 Å². The summed E-state index contributed by atoms with van der Waals surface area (Å²) in [6.07, 6.45) is 3.47. The van der Waals surface area contributed by atoms with E-state index in [0.29, 0.717) is 23.6 Å². The van der Waals surface area contributed by atoms with Crippen LogP contribution in [0.1, 0.15) is 47.7 Å². The van der Waals surface area contributed by atoms with E-state index in [1.165, 1.54) is 17.6 Å². The molecule has 28 heavy (non-hydrogen) atoms. The van der Waals surface area contributed by atoms with E-state index in [0.717, 1.165) is 54.7 Å². The van der Waals surface area contributed by atoms with E-state index in [1.807, 2.05) is 18.2 Å². The van der Waals surface area contributed by atoms with Crippen LogP contribution in [-0.4, -0.2) is 34.7 Å². The molecule has 0 unspecified atom stereocenters. The van der Waals surface area contributed by atoms with Gasteiger partial charge in [-0.05, 0) is 80.8 Å². The zero-order valence-corrected chi connectivity index (χ0v) is 16.6. The Labute approximate surface area is 168 Å². The summed E-state index contributed by atoms with van der Waals surface area (Å²) in [5.41, 5.74) is 8.20. The zero-order chi connectivity index (χ0) is 19.5. The van der Waals surface area contributed by atoms with Crippen LogP contribution in [0, 0.1) is 5.82 Å². The Hall–Kier alpha value is -2.31. The summed E-state index contributed by atoms with van der Waals surface area (Å²) in [6.45, 7) is 2.94. The number of nitrogen functional groups attached to an aromatic ring is 1. The molecule has 0 spiro atoms. The summed E-state index contributed by atoms with van der Waals surface area (Å²) >= 11 is 1.39. The number of anilines is 1. The molecule has 2 aromatic carbocycles. The van der Waals surface area contributed by atoms with Crippen LogP contribution in [0.5, 0.6) is 0 Å². The number of fused-ring (bicyclic) bond motifs is 1. The van der Waals surface area contributed by atoms with Crippen molar-refractivity contribution in [3.8, 4) is 0 Å². The van der Waals surface area contributed by atoms with E-state index in [9.17, 15) is 9.18 Å². The smallest absolute Gasteiger partial charge is 0.164 e. The number of hydrogen-bond donors (Lipinski definition) is 1. The number of benzene rings is 2. The first-order valence-corrected chi connectivity index (χ1v) is 10.5. The van der Waals surface area contributed by atoms with Gasteiger partial charge in [0.1, 0.15) is 5.82 Å². The summed E-state index contributed by atoms with van der Waals surface area (Å²) < 4.78 is 18.9. The van der Waals surface area contributed by atoms with Crippen molar-refractivity contribution in [1.82, 2.24) is 9.27 Å². The molecular formula is C22H24FN3OS. The number of para-hydroxylation sites is 1. The lowest BCUT2D eigenvalue weighted by Gasteiger charge is -2.31. The molecule has 4 nitrogen and oxygen atoms in total. The molecule has 146 valence electrons. The number of halogens is 1. The average Bonchev–Trinajstić information content (AvgIpc) is 3.11. The topological polar surface area (TPSA) is 59.2 Å². The van der Waals surface area contributed by atoms with Gasteiger partial charge >= 0.3 is 0 Å². The second-order valence-electron chi connectivity index (χ2n) is 7.44. The van der Waals surface area contributed by atoms with Gasteiger partial charge in [0.2, 0.25) is 0 Å². The van der Waals surface area contributed by atoms with Crippen LogP contribution in [0.25, 0.3) is 10.1 Å². The van der Waals surface area contributed by atoms with Crippen molar-refractivity contribution in [3.63, 3.8) is 0 Å². The zero-order valence-electron chi connectivity index (χ0n) is 15.7. The van der Waals surface area contributed by atoms with Crippen molar-refractivity contribution < 1.29 is 9.18 Å². The number of carbonyl (C=O) groups is 1. The molecule has 6 heteroatoms. The van der Waals surface area contributed by atoms with Crippen molar-refractivity contribution in [2.24, 2.45) is 0 Å². The highest BCUT2D eigenvalue weighted by Crippen LogP contribution is 2.34. The van der Waals surface area contributed by atoms with Crippen LogP contribution in [-0.2, 0) is 0 Å². The Morgan fingerprint density at radius 1 is 1.21 bits per heavy atom. The molecule has 1 aromatic heterocycles. The van der Waals surface area contributed by atoms with Gasteiger partial charge in [-0.1, -0.05) is 12.1 Å². The van der Waals surface area contributed by atoms with Gasteiger partial charge in [0.05, 0.1) is 10.4 Å². The van der Waals surface area contributed by atoms with Gasteiger partial charge in [-0.15, -0.1) is 0 Å². The molecule has 1 saturated heterocycles. The number of nitrogens with zero attached hydrogens (tertiary/aromatic N) is 2. The molecule has 2 heterocycles. The number of rotatable bonds is 6. The molecule has 2 N–H and O–H groups in total. The van der Waals surface area contributed by atoms with Gasteiger partial charge in [-0.2, -0.15) is 4.37 Å². The maximum Gasteiger partial charge on any atom is 0.164 e. The van der Waals surface area contributed by atoms with Crippen molar-refractivity contribution in [2.45, 2.75) is 31.6 Å². The minimum Gasteiger partial charge on any atom is -0.398 e. The number of hydrogen-bond acceptors (Lipinski definition) is 5. The fourth-order valence-electron chi connectivity index (χ4n) is 4.00. The maximum absolute atomic E-state index is 13.4. The van der Waals surface area contributed by atoms with E-state index in [-0.39, 0.29) is 11.6 Å². The van der Waals surface area contributed by atoms with Crippen molar-refractivity contribution in [3.05, 3.63) is 59.5 Å². The molecule has 0 aliphatic carbocycles. The molecule has 4 rings (SSSR count). The second-order valence-corrected chi connectivity index (χ2v) is 8.24. The van der Waals surface area contributed by atoms with Crippen LogP contribution in [0.3, 0.4) is 0 Å². The third-order valence-corrected chi connectivity index (χ3v) is 6.40. The summed E-state index contributed by atoms with van der Waals surface area (Å²) in [6, 6.07) is 12.2. The summed E-state index contributed by atoms with van der Waals surface area (Å²) in [5, 5.41) is 1.09. The summed E-state index contributed by atoms with van der Waals surface area (Å²) in [7, 11) is 0. The van der Waals surface area contributed by atoms with Gasteiger partial charge in [0, 0.05) is 29.0 Å². The Morgan fingerprint density at radius 2 is 2.00 bits per heavy atom. The van der Waals surface area contributed by atoms with E-state index < -0.39 is 0 Å². The van der Waals surface area contributed by atoms with E-state index >= 15 is 0 Å². The molecule has 0 radical (unpaired) electrons. The first kappa shape index (κ1) is 19.0. The molecule has 0 bridgehead atoms. The van der Waals surface area contributed by atoms with E-state index in [1.54, 1.807) is 18.2 Å². The predicted molar refractivity (Wildman–Crippen MR) is 112 cm³/mol. The largest absolute Gasteiger partial charge is 0.398 e. The first-order valence-electron chi connectivity index (χ1n) is 9.76. The number of ketones is 1. The summed E-state index contributed by atoms with van der Waals surface area (Å²) in [5.74, 6) is 0.347. The molecule has 0 atom stereocenters. The highest BCUT2D eigenvalue weighted by molar-refractivity contribution is 7.13. The molecule has 0 saturated carbocycles. The standard InChI is InChI=1S/C22H24FN3OS/c23-16-7-8-18-21(14-16)28-25-22(18)15-9-12-26(13-10-15)11-3-6-20(27)17-4-1-2-5-19(17)24/h1-2,4-5,7-8,14-15H,3,6,9-13,24H2. The monoisotopic (exact) mass is 397 g/mol. The normalized spacial score (nSPS) is 15.9. The van der Waals surface area contributed by atoms with Crippen LogP contribution >= 0.6 is 11.5 Å². The average molecular weight is 398 g/mol. The first-order chi connectivity index (χ1) is 13.6. The molecule has 3 aromatic rings. The molecular weight excluding hydrogens is 373 g/mol. The Morgan fingerprint density at radius 3 is 2.79 bits per heavy atom. The number of aromatic nitrogens is 1. The fourth-order valence-corrected chi connectivity index (χ4v) is 4.88. The van der Waals surface area contributed by atoms with Gasteiger partial charge in [0.25, 0.3) is 0 Å². The van der Waals surface area contributed by atoms with Gasteiger partial charge in [0.15, 0.2) is 5.78 Å². The minimum atomic E-state index is -0.204. The van der Waals surface area contributed by atoms with Crippen LogP contribution in [0.2, 0.25) is 0 Å². The maximum atomic E-state index is 13.4. The predicted octanol–water partition coefficient (Wildman–Crippen LogP) is 4.86. The molecule has 1 aliphatic heterocycles. The van der Waals surface area contributed by atoms with Crippen LogP contribution < -0.4 is 5.73 Å². The number of nitrogens with two attached hydrogens (primary N) is 1. The number of Topliss-reactive ketones (excluding diaryl/α,β-unsaturated/α-hetero) is 1. The lowest BCUT2D eigenvalue weighted by molar-refractivity contribution is 0.0973. The summed E-state index contributed by atoms with van der Waals surface area (Å²) in [4.78, 5) is 14.8. The minimum absolute atomic E-state index is 0.120. The third kappa shape index (κ3) is 4.08. The second kappa shape index (κ2) is 8.37. The number of likely N-dealkylation sites (tertiary alicyclic amines) is 1. The van der Waals surface area contributed by atoms with Gasteiger partial charge in [-0.3, -0.25) is 4.79 Å². The Balaban J connectivity index is 1.27. The third-order valence-electron chi connectivity index (χ3n) is 5.58. The quantitative estimate of drug-likeness (QED) is 0.477. The fraction of sp³-hybridized carbons (Fsp3) is 0.364. The van der Waals surface area contributed by atoms with Gasteiger partial charge < -0.3 is 10.6 Å². The Bertz CT molecular complexity index is 979. The van der Waals surface area contributed by atoms with E-state index in [2.05, 4.69) is 9.27 Å². The van der Waals surface area contributed by atoms with Crippen molar-refractivity contribution in [2.75, 3.05) is 25.4 Å². The lowest BCUT2D eigenvalue weighted by atomic mass is 9.91. The highest BCUT2D eigenvalue weighted by atomic mass is 32.1. The SMILES string of the molecule is Nc1ccccc1C(=O)CCCN1CCC(c2nsc3cc(F)ccc23)CC1. The van der Waals surface area contributed by atoms with Crippen LogP contribution in [0.15, 0.2) is 42.5 Å². The van der Waals surface area contributed by atoms with E-state index in [4.69, 9.17) is 5.73 Å². The van der Waals surface area contributed by atoms with Crippen molar-refractivity contribution in [1.29, 1.82) is 0 Å². The number of carbonyl (C=O) groups excluding carboxylic acids is 1. The van der Waals surface area contributed by atoms with Gasteiger partial charge in [-0.25, -0.2) is 4.39 Å². The van der Waals surface area contributed by atoms with Crippen molar-refractivity contribution >= 4 is 33.1 Å². The highest BCUT2D eigenvalue weighted by Gasteiger charge is 2.24. The molecule has 1 aliphatic rings. The molecule has 1 fully saturated rings.